The minimum atomic E-state index is -0.651. The van der Waals surface area contributed by atoms with Crippen LogP contribution in [0.4, 0.5) is 14.7 Å². The van der Waals surface area contributed by atoms with Crippen LogP contribution < -0.4 is 11.1 Å². The first-order valence-corrected chi connectivity index (χ1v) is 9.36. The van der Waals surface area contributed by atoms with Crippen LogP contribution in [0.25, 0.3) is 10.2 Å². The van der Waals surface area contributed by atoms with E-state index in [4.69, 9.17) is 5.73 Å². The van der Waals surface area contributed by atoms with Crippen LogP contribution in [0.3, 0.4) is 0 Å². The van der Waals surface area contributed by atoms with Crippen molar-refractivity contribution in [3.63, 3.8) is 0 Å². The zero-order chi connectivity index (χ0) is 19.0. The van der Waals surface area contributed by atoms with Crippen molar-refractivity contribution in [1.29, 1.82) is 0 Å². The van der Waals surface area contributed by atoms with Crippen LogP contribution >= 0.6 is 11.3 Å². The highest BCUT2D eigenvalue weighted by Gasteiger charge is 2.27. The van der Waals surface area contributed by atoms with Gasteiger partial charge in [0, 0.05) is 31.7 Å². The van der Waals surface area contributed by atoms with Gasteiger partial charge in [0.2, 0.25) is 5.95 Å². The fourth-order valence-corrected chi connectivity index (χ4v) is 3.92. The summed E-state index contributed by atoms with van der Waals surface area (Å²) in [5.41, 5.74) is 7.28. The number of nitrogens with two attached hydrogens (primary N) is 1. The predicted molar refractivity (Wildman–Crippen MR) is 99.6 cm³/mol. The maximum atomic E-state index is 13.3. The number of aromatic nitrogens is 2. The number of thiophene rings is 1. The van der Waals surface area contributed by atoms with Gasteiger partial charge in [-0.3, -0.25) is 4.79 Å². The van der Waals surface area contributed by atoms with E-state index >= 15 is 0 Å². The van der Waals surface area contributed by atoms with Crippen LogP contribution in [-0.2, 0) is 6.54 Å². The van der Waals surface area contributed by atoms with E-state index in [2.05, 4.69) is 15.3 Å². The van der Waals surface area contributed by atoms with E-state index in [9.17, 15) is 13.6 Å². The third-order valence-corrected chi connectivity index (χ3v) is 5.30. The molecule has 140 valence electrons. The van der Waals surface area contributed by atoms with Crippen molar-refractivity contribution in [2.24, 2.45) is 5.73 Å². The van der Waals surface area contributed by atoms with Gasteiger partial charge in [0.1, 0.15) is 11.6 Å². The number of fused-ring (bicyclic) bond motifs is 1. The summed E-state index contributed by atoms with van der Waals surface area (Å²) in [6, 6.07) is 5.07. The molecule has 1 fully saturated rings. The van der Waals surface area contributed by atoms with Gasteiger partial charge >= 0.3 is 0 Å². The Balaban J connectivity index is 1.61. The maximum Gasteiger partial charge on any atom is 0.274 e. The second kappa shape index (κ2) is 7.16. The molecule has 1 aliphatic rings. The number of likely N-dealkylation sites (tertiary alicyclic amines) is 1. The van der Waals surface area contributed by atoms with Crippen molar-refractivity contribution in [3.8, 4) is 0 Å². The molecule has 3 heterocycles. The lowest BCUT2D eigenvalue weighted by atomic mass is 10.2. The van der Waals surface area contributed by atoms with Gasteiger partial charge in [-0.1, -0.05) is 0 Å². The van der Waals surface area contributed by atoms with Gasteiger partial charge in [0.15, 0.2) is 5.69 Å². The Bertz CT molecular complexity index is 988. The quantitative estimate of drug-likeness (QED) is 0.717. The average molecular weight is 389 g/mol. The third kappa shape index (κ3) is 3.74. The summed E-state index contributed by atoms with van der Waals surface area (Å²) in [5.74, 6) is -1.25. The predicted octanol–water partition coefficient (Wildman–Crippen LogP) is 2.75. The number of benzene rings is 1. The van der Waals surface area contributed by atoms with Crippen LogP contribution in [0.2, 0.25) is 0 Å². The van der Waals surface area contributed by atoms with Crippen LogP contribution in [0, 0.1) is 11.6 Å². The Morgan fingerprint density at radius 3 is 2.78 bits per heavy atom. The van der Waals surface area contributed by atoms with Gasteiger partial charge in [-0.25, -0.2) is 18.7 Å². The molecule has 0 spiro atoms. The monoisotopic (exact) mass is 389 g/mol. The molecule has 1 amide bonds. The van der Waals surface area contributed by atoms with Crippen molar-refractivity contribution >= 4 is 33.4 Å². The summed E-state index contributed by atoms with van der Waals surface area (Å²) in [6.07, 6.45) is 0.765. The summed E-state index contributed by atoms with van der Waals surface area (Å²) in [7, 11) is 0. The van der Waals surface area contributed by atoms with Gasteiger partial charge in [0.05, 0.1) is 10.2 Å². The number of anilines is 1. The molecule has 0 aliphatic carbocycles. The Kier molecular flexibility index (Phi) is 4.71. The normalized spacial score (nSPS) is 16.9. The molecular formula is C18H17F2N5OS. The molecule has 0 saturated carbocycles. The summed E-state index contributed by atoms with van der Waals surface area (Å²) in [5, 5.41) is 4.79. The molecule has 0 bridgehead atoms. The first kappa shape index (κ1) is 17.7. The highest BCUT2D eigenvalue weighted by atomic mass is 32.1. The lowest BCUT2D eigenvalue weighted by Gasteiger charge is -2.16. The number of rotatable bonds is 4. The molecular weight excluding hydrogens is 372 g/mol. The largest absolute Gasteiger partial charge is 0.350 e. The summed E-state index contributed by atoms with van der Waals surface area (Å²) in [6.45, 7) is 1.23. The van der Waals surface area contributed by atoms with Crippen molar-refractivity contribution in [2.75, 3.05) is 18.4 Å². The minimum Gasteiger partial charge on any atom is -0.350 e. The molecule has 1 saturated heterocycles. The number of amides is 1. The highest BCUT2D eigenvalue weighted by molar-refractivity contribution is 7.17. The molecule has 0 unspecified atom stereocenters. The van der Waals surface area contributed by atoms with E-state index < -0.39 is 11.6 Å². The van der Waals surface area contributed by atoms with Gasteiger partial charge in [0.25, 0.3) is 5.91 Å². The van der Waals surface area contributed by atoms with Crippen molar-refractivity contribution < 1.29 is 13.6 Å². The molecule has 0 radical (unpaired) electrons. The molecule has 27 heavy (non-hydrogen) atoms. The van der Waals surface area contributed by atoms with Gasteiger partial charge < -0.3 is 16.0 Å². The van der Waals surface area contributed by atoms with Crippen molar-refractivity contribution in [3.05, 3.63) is 52.5 Å². The smallest absolute Gasteiger partial charge is 0.274 e. The first-order valence-electron chi connectivity index (χ1n) is 8.48. The molecule has 9 heteroatoms. The lowest BCUT2D eigenvalue weighted by molar-refractivity contribution is 0.0787. The second-order valence-electron chi connectivity index (χ2n) is 6.46. The Labute approximate surface area is 158 Å². The zero-order valence-electron chi connectivity index (χ0n) is 14.3. The zero-order valence-corrected chi connectivity index (χ0v) is 15.1. The van der Waals surface area contributed by atoms with E-state index in [-0.39, 0.29) is 24.4 Å². The molecule has 3 N–H and O–H groups in total. The molecule has 1 aliphatic heterocycles. The second-order valence-corrected chi connectivity index (χ2v) is 7.38. The fraction of sp³-hybridized carbons (Fsp3) is 0.278. The Morgan fingerprint density at radius 1 is 1.30 bits per heavy atom. The molecule has 1 aromatic carbocycles. The molecule has 6 nitrogen and oxygen atoms in total. The average Bonchev–Trinajstić information content (AvgIpc) is 3.26. The lowest BCUT2D eigenvalue weighted by Crippen LogP contribution is -2.32. The number of carbonyl (C=O) groups excluding carboxylic acids is 1. The van der Waals surface area contributed by atoms with E-state index in [1.54, 1.807) is 11.0 Å². The molecule has 1 atom stereocenters. The number of halogens is 2. The summed E-state index contributed by atoms with van der Waals surface area (Å²) >= 11 is 1.40. The van der Waals surface area contributed by atoms with Crippen LogP contribution in [0.1, 0.15) is 22.5 Å². The van der Waals surface area contributed by atoms with Crippen molar-refractivity contribution in [1.82, 2.24) is 14.9 Å². The number of hydrogen-bond acceptors (Lipinski definition) is 6. The number of nitrogens with one attached hydrogen (secondary N) is 1. The summed E-state index contributed by atoms with van der Waals surface area (Å²) in [4.78, 5) is 23.3. The van der Waals surface area contributed by atoms with Crippen LogP contribution in [0.15, 0.2) is 29.6 Å². The highest BCUT2D eigenvalue weighted by Crippen LogP contribution is 2.26. The topological polar surface area (TPSA) is 84.1 Å². The number of nitrogens with zero attached hydrogens (tertiary/aromatic N) is 3. The SMILES string of the molecule is N[C@H]1CCN(C(=O)c2nc(NCc3cc(F)cc(F)c3)nc3ccsc23)C1. The van der Waals surface area contributed by atoms with Crippen LogP contribution in [0.5, 0.6) is 0 Å². The Morgan fingerprint density at radius 2 is 2.07 bits per heavy atom. The van der Waals surface area contributed by atoms with E-state index in [1.807, 2.05) is 5.38 Å². The molecule has 3 aromatic rings. The standard InChI is InChI=1S/C18H17F2N5OS/c19-11-5-10(6-12(20)7-11)8-22-18-23-14-2-4-27-16(14)15(24-18)17(26)25-3-1-13(21)9-25/h2,4-7,13H,1,3,8-9,21H2,(H,22,23,24)/t13-/m0/s1. The molecule has 2 aromatic heterocycles. The molecule has 4 rings (SSSR count). The third-order valence-electron chi connectivity index (χ3n) is 4.39. The van der Waals surface area contributed by atoms with Gasteiger partial charge in [-0.15, -0.1) is 11.3 Å². The van der Waals surface area contributed by atoms with Gasteiger partial charge in [-0.05, 0) is 35.6 Å². The fourth-order valence-electron chi connectivity index (χ4n) is 3.10. The summed E-state index contributed by atoms with van der Waals surface area (Å²) < 4.78 is 27.4. The maximum absolute atomic E-state index is 13.3. The Hall–Kier alpha value is -2.65. The van der Waals surface area contributed by atoms with Crippen LogP contribution in [-0.4, -0.2) is 39.9 Å². The van der Waals surface area contributed by atoms with E-state index in [0.29, 0.717) is 34.6 Å². The minimum absolute atomic E-state index is 0.0184. The van der Waals surface area contributed by atoms with E-state index in [1.165, 1.54) is 23.5 Å². The van der Waals surface area contributed by atoms with Crippen molar-refractivity contribution in [2.45, 2.75) is 19.0 Å². The van der Waals surface area contributed by atoms with Gasteiger partial charge in [-0.2, -0.15) is 0 Å². The first-order chi connectivity index (χ1) is 13.0. The van der Waals surface area contributed by atoms with E-state index in [0.717, 1.165) is 12.5 Å². The number of carbonyl (C=O) groups is 1. The number of hydrogen-bond donors (Lipinski definition) is 2.